The third-order valence-electron chi connectivity index (χ3n) is 12.6. The van der Waals surface area contributed by atoms with E-state index in [2.05, 4.69) is 57.3 Å². The predicted molar refractivity (Wildman–Crippen MR) is 163 cm³/mol. The molecule has 0 saturated heterocycles. The molecule has 224 valence electrons. The van der Waals surface area contributed by atoms with Crippen molar-refractivity contribution in [2.45, 2.75) is 130 Å². The lowest BCUT2D eigenvalue weighted by molar-refractivity contribution is -0.145. The maximum atomic E-state index is 12.3. The van der Waals surface area contributed by atoms with Crippen LogP contribution in [-0.4, -0.2) is 30.1 Å². The molecule has 4 nitrogen and oxygen atoms in total. The van der Waals surface area contributed by atoms with Crippen LogP contribution in [0, 0.1) is 40.4 Å². The van der Waals surface area contributed by atoms with Gasteiger partial charge in [-0.25, -0.2) is 0 Å². The Morgan fingerprint density at radius 3 is 2.65 bits per heavy atom. The first-order chi connectivity index (χ1) is 19.3. The van der Waals surface area contributed by atoms with Gasteiger partial charge in [-0.2, -0.15) is 0 Å². The van der Waals surface area contributed by atoms with Crippen LogP contribution in [0.3, 0.4) is 0 Å². The van der Waals surface area contributed by atoms with Crippen molar-refractivity contribution in [3.05, 3.63) is 29.8 Å². The molecule has 4 aliphatic rings. The third kappa shape index (κ3) is 5.78. The average molecular weight is 552 g/mol. The molecule has 0 aliphatic heterocycles. The lowest BCUT2D eigenvalue weighted by Crippen LogP contribution is -2.55. The summed E-state index contributed by atoms with van der Waals surface area (Å²) in [5, 5.41) is 15.3. The molecular formula is C36H57NO3. The Morgan fingerprint density at radius 1 is 1.05 bits per heavy atom. The lowest BCUT2D eigenvalue weighted by Gasteiger charge is -2.60. The minimum absolute atomic E-state index is 0.00801. The molecule has 0 amide bonds. The summed E-state index contributed by atoms with van der Waals surface area (Å²) in [5.74, 6) is 4.82. The van der Waals surface area contributed by atoms with Crippen LogP contribution in [0.2, 0.25) is 0 Å². The fourth-order valence-electron chi connectivity index (χ4n) is 10.0. The summed E-state index contributed by atoms with van der Waals surface area (Å²) in [4.78, 5) is 12.3. The van der Waals surface area contributed by atoms with E-state index in [4.69, 9.17) is 4.74 Å². The van der Waals surface area contributed by atoms with E-state index in [0.717, 1.165) is 75.5 Å². The van der Waals surface area contributed by atoms with Crippen molar-refractivity contribution in [3.63, 3.8) is 0 Å². The minimum atomic E-state index is -0.199. The van der Waals surface area contributed by atoms with E-state index in [1.165, 1.54) is 44.1 Å². The van der Waals surface area contributed by atoms with Crippen molar-refractivity contribution in [2.75, 3.05) is 13.2 Å². The molecule has 5 rings (SSSR count). The van der Waals surface area contributed by atoms with Gasteiger partial charge in [0.2, 0.25) is 0 Å². The molecule has 5 unspecified atom stereocenters. The number of hydrogen-bond donors (Lipinski definition) is 2. The van der Waals surface area contributed by atoms with E-state index in [9.17, 15) is 9.90 Å². The fraction of sp³-hybridized carbons (Fsp3) is 0.806. The molecule has 0 aromatic heterocycles. The number of ketones is 1. The number of benzene rings is 1. The number of nitrogens with one attached hydrogen (secondary N) is 1. The molecule has 40 heavy (non-hydrogen) atoms. The second kappa shape index (κ2) is 12.9. The van der Waals surface area contributed by atoms with Gasteiger partial charge in [0.15, 0.2) is 0 Å². The Balaban J connectivity index is 1.23. The van der Waals surface area contributed by atoms with Crippen molar-refractivity contribution >= 4 is 5.78 Å². The number of ether oxygens (including phenoxy) is 1. The summed E-state index contributed by atoms with van der Waals surface area (Å²) in [7, 11) is 0. The van der Waals surface area contributed by atoms with Crippen molar-refractivity contribution in [1.29, 1.82) is 0 Å². The van der Waals surface area contributed by atoms with Gasteiger partial charge in [-0.3, -0.25) is 4.79 Å². The van der Waals surface area contributed by atoms with Gasteiger partial charge in [0.1, 0.15) is 11.5 Å². The van der Waals surface area contributed by atoms with Gasteiger partial charge in [-0.1, -0.05) is 59.1 Å². The quantitative estimate of drug-likeness (QED) is 0.274. The first-order valence-electron chi connectivity index (χ1n) is 17.0. The van der Waals surface area contributed by atoms with E-state index in [1.54, 1.807) is 0 Å². The van der Waals surface area contributed by atoms with Crippen LogP contribution < -0.4 is 10.1 Å². The summed E-state index contributed by atoms with van der Waals surface area (Å²) in [6.07, 6.45) is 15.1. The number of carbonyl (C=O) groups is 1. The van der Waals surface area contributed by atoms with Crippen LogP contribution in [0.4, 0.5) is 0 Å². The Hall–Kier alpha value is -1.39. The van der Waals surface area contributed by atoms with Crippen LogP contribution in [0.5, 0.6) is 5.75 Å². The summed E-state index contributed by atoms with van der Waals surface area (Å²) < 4.78 is 6.47. The summed E-state index contributed by atoms with van der Waals surface area (Å²) >= 11 is 0. The van der Waals surface area contributed by atoms with E-state index in [0.29, 0.717) is 41.6 Å². The van der Waals surface area contributed by atoms with E-state index < -0.39 is 0 Å². The largest absolute Gasteiger partial charge is 0.494 e. The van der Waals surface area contributed by atoms with Gasteiger partial charge in [-0.05, 0) is 117 Å². The van der Waals surface area contributed by atoms with Gasteiger partial charge < -0.3 is 15.2 Å². The number of fused-ring (bicyclic) bond motifs is 5. The maximum absolute atomic E-state index is 12.3. The minimum Gasteiger partial charge on any atom is -0.494 e. The normalized spacial score (nSPS) is 36.1. The van der Waals surface area contributed by atoms with Gasteiger partial charge >= 0.3 is 0 Å². The third-order valence-corrected chi connectivity index (χ3v) is 12.6. The standard InChI is InChI=1S/C36H57NO3/c1-5-9-33(37-24-25(6-2)7-3)26-10-8-11-29(22-26)40-21-20-36-19-17-31-30(32(36)14-15-34(36)39)13-12-27-23-28(38)16-18-35(27,31)4/h8,10-11,22,25,27,30-34,37,39H,5-7,9,12-21,23-24H2,1-4H3/t27?,30?,31?,32?,33?,34-,35-,36+/m0/s1. The molecule has 4 fully saturated rings. The van der Waals surface area contributed by atoms with Crippen LogP contribution in [0.15, 0.2) is 24.3 Å². The van der Waals surface area contributed by atoms with Crippen molar-refractivity contribution in [2.24, 2.45) is 40.4 Å². The van der Waals surface area contributed by atoms with Crippen LogP contribution >= 0.6 is 0 Å². The molecular weight excluding hydrogens is 494 g/mol. The number of carbonyl (C=O) groups excluding carboxylic acids is 1. The fourth-order valence-corrected chi connectivity index (χ4v) is 10.0. The number of rotatable bonds is 12. The van der Waals surface area contributed by atoms with Crippen LogP contribution in [-0.2, 0) is 4.79 Å². The van der Waals surface area contributed by atoms with Crippen molar-refractivity contribution in [1.82, 2.24) is 5.32 Å². The Kier molecular flexibility index (Phi) is 9.67. The number of Topliss-reactive ketones (excluding diaryl/α,β-unsaturated/α-hetero) is 1. The molecule has 1 aromatic carbocycles. The Bertz CT molecular complexity index is 990. The maximum Gasteiger partial charge on any atom is 0.133 e. The molecule has 0 bridgehead atoms. The summed E-state index contributed by atoms with van der Waals surface area (Å²) in [6, 6.07) is 9.13. The highest BCUT2D eigenvalue weighted by atomic mass is 16.5. The van der Waals surface area contributed by atoms with Crippen molar-refractivity contribution < 1.29 is 14.6 Å². The van der Waals surface area contributed by atoms with E-state index >= 15 is 0 Å². The highest BCUT2D eigenvalue weighted by Crippen LogP contribution is 2.66. The summed E-state index contributed by atoms with van der Waals surface area (Å²) in [5.41, 5.74) is 1.66. The zero-order chi connectivity index (χ0) is 28.3. The van der Waals surface area contributed by atoms with Gasteiger partial charge in [0, 0.05) is 24.3 Å². The number of hydrogen-bond acceptors (Lipinski definition) is 4. The second-order valence-corrected chi connectivity index (χ2v) is 14.4. The average Bonchev–Trinajstić information content (AvgIpc) is 3.29. The number of aliphatic hydroxyl groups excluding tert-OH is 1. The molecule has 4 heteroatoms. The zero-order valence-corrected chi connectivity index (χ0v) is 25.9. The zero-order valence-electron chi connectivity index (χ0n) is 25.9. The molecule has 0 heterocycles. The molecule has 2 N–H and O–H groups in total. The van der Waals surface area contributed by atoms with Crippen LogP contribution in [0.25, 0.3) is 0 Å². The molecule has 4 saturated carbocycles. The lowest BCUT2D eigenvalue weighted by atomic mass is 9.44. The van der Waals surface area contributed by atoms with Gasteiger partial charge in [-0.15, -0.1) is 0 Å². The monoisotopic (exact) mass is 551 g/mol. The van der Waals surface area contributed by atoms with E-state index in [-0.39, 0.29) is 11.5 Å². The molecule has 8 atom stereocenters. The summed E-state index contributed by atoms with van der Waals surface area (Å²) in [6.45, 7) is 11.1. The highest BCUT2D eigenvalue weighted by Gasteiger charge is 2.61. The molecule has 1 aromatic rings. The second-order valence-electron chi connectivity index (χ2n) is 14.4. The molecule has 0 radical (unpaired) electrons. The number of aliphatic hydroxyl groups is 1. The predicted octanol–water partition coefficient (Wildman–Crippen LogP) is 8.28. The van der Waals surface area contributed by atoms with Crippen LogP contribution in [0.1, 0.15) is 129 Å². The van der Waals surface area contributed by atoms with E-state index in [1.807, 2.05) is 0 Å². The molecule has 0 spiro atoms. The first kappa shape index (κ1) is 30.1. The van der Waals surface area contributed by atoms with Crippen molar-refractivity contribution in [3.8, 4) is 5.75 Å². The Labute approximate surface area is 244 Å². The SMILES string of the molecule is CCCC(NCC(CC)CC)c1cccc(OCC[C@]23CCC4C(CCC5CC(=O)CC[C@@]54C)C2CC[C@@H]3O)c1. The highest BCUT2D eigenvalue weighted by molar-refractivity contribution is 5.79. The van der Waals surface area contributed by atoms with Gasteiger partial charge in [0.05, 0.1) is 12.7 Å². The Morgan fingerprint density at radius 2 is 1.88 bits per heavy atom. The smallest absolute Gasteiger partial charge is 0.133 e. The van der Waals surface area contributed by atoms with Gasteiger partial charge in [0.25, 0.3) is 0 Å². The molecule has 4 aliphatic carbocycles. The topological polar surface area (TPSA) is 58.6 Å². The first-order valence-corrected chi connectivity index (χ1v) is 17.0.